The molecule has 2 aliphatic rings. The van der Waals surface area contributed by atoms with Gasteiger partial charge in [-0.05, 0) is 31.6 Å². The Kier molecular flexibility index (Phi) is 0.974. The van der Waals surface area contributed by atoms with E-state index in [1.165, 1.54) is 12.8 Å². The highest BCUT2D eigenvalue weighted by Gasteiger charge is 2.36. The quantitative estimate of drug-likeness (QED) is 0.485. The van der Waals surface area contributed by atoms with E-state index < -0.39 is 0 Å². The average Bonchev–Trinajstić information content (AvgIpc) is 2.07. The van der Waals surface area contributed by atoms with Crippen LogP contribution < -0.4 is 0 Å². The van der Waals surface area contributed by atoms with Crippen LogP contribution >= 0.6 is 0 Å². The second-order valence-electron chi connectivity index (χ2n) is 3.35. The molecule has 2 atom stereocenters. The van der Waals surface area contributed by atoms with Crippen LogP contribution in [-0.2, 0) is 0 Å². The molecule has 0 saturated heterocycles. The van der Waals surface area contributed by atoms with Gasteiger partial charge in [-0.25, -0.2) is 0 Å². The highest BCUT2D eigenvalue weighted by Crippen LogP contribution is 2.40. The lowest BCUT2D eigenvalue weighted by Crippen LogP contribution is -2.23. The van der Waals surface area contributed by atoms with Crippen molar-refractivity contribution in [2.45, 2.75) is 31.3 Å². The first-order valence-corrected chi connectivity index (χ1v) is 3.69. The van der Waals surface area contributed by atoms with E-state index in [1.54, 1.807) is 0 Å². The Bertz CT molecular complexity index is 151. The van der Waals surface area contributed by atoms with Gasteiger partial charge in [0.15, 0.2) is 0 Å². The molecule has 0 aromatic heterocycles. The molecule has 0 spiro atoms. The van der Waals surface area contributed by atoms with Crippen LogP contribution in [0.25, 0.3) is 0 Å². The van der Waals surface area contributed by atoms with Gasteiger partial charge >= 0.3 is 0 Å². The lowest BCUT2D eigenvalue weighted by atomic mass is 9.92. The first kappa shape index (κ1) is 5.48. The first-order chi connectivity index (χ1) is 4.29. The molecule has 1 saturated carbocycles. The standard InChI is InChI=1S/C8H12O/c9-8-4-1-2-7(6-8)3-5-8/h1,4,7,9H,2-3,5-6H2. The summed E-state index contributed by atoms with van der Waals surface area (Å²) in [4.78, 5) is 0. The van der Waals surface area contributed by atoms with Gasteiger partial charge < -0.3 is 5.11 Å². The largest absolute Gasteiger partial charge is 0.386 e. The maximum atomic E-state index is 9.63. The molecule has 2 unspecified atom stereocenters. The van der Waals surface area contributed by atoms with E-state index in [4.69, 9.17) is 0 Å². The second kappa shape index (κ2) is 1.60. The number of fused-ring (bicyclic) bond motifs is 2. The topological polar surface area (TPSA) is 20.2 Å². The Hall–Kier alpha value is -0.300. The SMILES string of the molecule is OC12C=CCC(CC1)C2. The predicted octanol–water partition coefficient (Wildman–Crippen LogP) is 1.48. The lowest BCUT2D eigenvalue weighted by molar-refractivity contribution is 0.0904. The highest BCUT2D eigenvalue weighted by atomic mass is 16.3. The Balaban J connectivity index is 2.26. The minimum absolute atomic E-state index is 0.386. The van der Waals surface area contributed by atoms with Crippen molar-refractivity contribution < 1.29 is 5.11 Å². The Labute approximate surface area is 55.4 Å². The van der Waals surface area contributed by atoms with E-state index in [0.717, 1.165) is 18.8 Å². The number of hydrogen-bond acceptors (Lipinski definition) is 1. The summed E-state index contributed by atoms with van der Waals surface area (Å²) in [6, 6.07) is 0. The Morgan fingerprint density at radius 2 is 2.44 bits per heavy atom. The molecule has 1 N–H and O–H groups in total. The summed E-state index contributed by atoms with van der Waals surface area (Å²) in [5, 5.41) is 9.63. The van der Waals surface area contributed by atoms with Gasteiger partial charge in [0.05, 0.1) is 5.60 Å². The molecule has 9 heavy (non-hydrogen) atoms. The number of hydrogen-bond donors (Lipinski definition) is 1. The van der Waals surface area contributed by atoms with E-state index in [1.807, 2.05) is 6.08 Å². The van der Waals surface area contributed by atoms with Gasteiger partial charge in [-0.2, -0.15) is 0 Å². The average molecular weight is 124 g/mol. The minimum Gasteiger partial charge on any atom is -0.386 e. The number of rotatable bonds is 0. The summed E-state index contributed by atoms with van der Waals surface area (Å²) in [7, 11) is 0. The zero-order valence-corrected chi connectivity index (χ0v) is 5.51. The van der Waals surface area contributed by atoms with Crippen LogP contribution in [0.4, 0.5) is 0 Å². The van der Waals surface area contributed by atoms with Crippen molar-refractivity contribution in [2.24, 2.45) is 5.92 Å². The van der Waals surface area contributed by atoms with Gasteiger partial charge in [0, 0.05) is 0 Å². The van der Waals surface area contributed by atoms with Crippen molar-refractivity contribution in [2.75, 3.05) is 0 Å². The van der Waals surface area contributed by atoms with E-state index in [9.17, 15) is 5.11 Å². The van der Waals surface area contributed by atoms with Gasteiger partial charge in [-0.15, -0.1) is 0 Å². The first-order valence-electron chi connectivity index (χ1n) is 3.69. The molecule has 0 heterocycles. The maximum absolute atomic E-state index is 9.63. The predicted molar refractivity (Wildman–Crippen MR) is 36.0 cm³/mol. The van der Waals surface area contributed by atoms with Gasteiger partial charge in [0.1, 0.15) is 0 Å². The van der Waals surface area contributed by atoms with Crippen molar-refractivity contribution in [3.05, 3.63) is 12.2 Å². The lowest BCUT2D eigenvalue weighted by Gasteiger charge is -2.21. The van der Waals surface area contributed by atoms with E-state index in [-0.39, 0.29) is 5.60 Å². The fourth-order valence-electron chi connectivity index (χ4n) is 1.99. The third kappa shape index (κ3) is 0.799. The van der Waals surface area contributed by atoms with Crippen LogP contribution in [0.1, 0.15) is 25.7 Å². The summed E-state index contributed by atoms with van der Waals surface area (Å²) in [6.07, 6.45) is 8.54. The Morgan fingerprint density at radius 3 is 3.11 bits per heavy atom. The molecular formula is C8H12O. The zero-order chi connectivity index (χ0) is 6.32. The summed E-state index contributed by atoms with van der Waals surface area (Å²) >= 11 is 0. The molecular weight excluding hydrogens is 112 g/mol. The summed E-state index contributed by atoms with van der Waals surface area (Å²) < 4.78 is 0. The molecule has 0 radical (unpaired) electrons. The van der Waals surface area contributed by atoms with Gasteiger partial charge in [0.2, 0.25) is 0 Å². The number of aliphatic hydroxyl groups is 1. The second-order valence-corrected chi connectivity index (χ2v) is 3.35. The number of allylic oxidation sites excluding steroid dienone is 1. The van der Waals surface area contributed by atoms with Crippen LogP contribution in [-0.4, -0.2) is 10.7 Å². The van der Waals surface area contributed by atoms with Crippen molar-refractivity contribution >= 4 is 0 Å². The molecule has 1 nitrogen and oxygen atoms in total. The zero-order valence-electron chi connectivity index (χ0n) is 5.51. The molecule has 1 heteroatoms. The molecule has 0 amide bonds. The van der Waals surface area contributed by atoms with Crippen molar-refractivity contribution in [1.29, 1.82) is 0 Å². The normalized spacial score (nSPS) is 47.9. The highest BCUT2D eigenvalue weighted by molar-refractivity contribution is 5.10. The van der Waals surface area contributed by atoms with Gasteiger partial charge in [-0.3, -0.25) is 0 Å². The summed E-state index contributed by atoms with van der Waals surface area (Å²) in [6.45, 7) is 0. The Morgan fingerprint density at radius 1 is 1.56 bits per heavy atom. The molecule has 1 fully saturated rings. The van der Waals surface area contributed by atoms with Crippen molar-refractivity contribution in [3.8, 4) is 0 Å². The molecule has 2 rings (SSSR count). The van der Waals surface area contributed by atoms with Crippen LogP contribution in [0.15, 0.2) is 12.2 Å². The monoisotopic (exact) mass is 124 g/mol. The molecule has 2 bridgehead atoms. The van der Waals surface area contributed by atoms with Crippen LogP contribution in [0.2, 0.25) is 0 Å². The third-order valence-corrected chi connectivity index (χ3v) is 2.53. The summed E-state index contributed by atoms with van der Waals surface area (Å²) in [5.74, 6) is 0.792. The van der Waals surface area contributed by atoms with Crippen LogP contribution in [0.5, 0.6) is 0 Å². The molecule has 0 aromatic rings. The van der Waals surface area contributed by atoms with Crippen molar-refractivity contribution in [3.63, 3.8) is 0 Å². The van der Waals surface area contributed by atoms with Gasteiger partial charge in [0.25, 0.3) is 0 Å². The van der Waals surface area contributed by atoms with Crippen LogP contribution in [0.3, 0.4) is 0 Å². The molecule has 50 valence electrons. The minimum atomic E-state index is -0.386. The third-order valence-electron chi connectivity index (χ3n) is 2.53. The van der Waals surface area contributed by atoms with E-state index in [2.05, 4.69) is 6.08 Å². The smallest absolute Gasteiger partial charge is 0.0830 e. The molecule has 0 aromatic carbocycles. The van der Waals surface area contributed by atoms with E-state index >= 15 is 0 Å². The maximum Gasteiger partial charge on any atom is 0.0830 e. The van der Waals surface area contributed by atoms with Crippen LogP contribution in [0, 0.1) is 5.92 Å². The molecule has 0 aliphatic heterocycles. The van der Waals surface area contributed by atoms with Gasteiger partial charge in [-0.1, -0.05) is 12.2 Å². The fourth-order valence-corrected chi connectivity index (χ4v) is 1.99. The van der Waals surface area contributed by atoms with E-state index in [0.29, 0.717) is 0 Å². The fraction of sp³-hybridized carbons (Fsp3) is 0.750. The van der Waals surface area contributed by atoms with Crippen molar-refractivity contribution in [1.82, 2.24) is 0 Å². The molecule has 2 aliphatic carbocycles. The summed E-state index contributed by atoms with van der Waals surface area (Å²) in [5.41, 5.74) is -0.386.